The SMILES string of the molecule is CCNC(=NCc1ccc(OCC(C)C)cc1)N(C)CC1CCOC1.I. The maximum absolute atomic E-state index is 5.73. The molecule has 1 aromatic carbocycles. The van der Waals surface area contributed by atoms with E-state index in [1.54, 1.807) is 0 Å². The smallest absolute Gasteiger partial charge is 0.193 e. The van der Waals surface area contributed by atoms with Crippen molar-refractivity contribution < 1.29 is 9.47 Å². The van der Waals surface area contributed by atoms with E-state index in [-0.39, 0.29) is 24.0 Å². The molecule has 0 aliphatic carbocycles. The molecule has 1 aliphatic heterocycles. The summed E-state index contributed by atoms with van der Waals surface area (Å²) in [5.74, 6) is 3.01. The van der Waals surface area contributed by atoms with Gasteiger partial charge in [-0.15, -0.1) is 24.0 Å². The molecule has 1 N–H and O–H groups in total. The van der Waals surface area contributed by atoms with Gasteiger partial charge in [0.2, 0.25) is 0 Å². The van der Waals surface area contributed by atoms with Crippen LogP contribution in [0, 0.1) is 11.8 Å². The third-order valence-corrected chi connectivity index (χ3v) is 4.17. The fourth-order valence-corrected chi connectivity index (χ4v) is 2.79. The lowest BCUT2D eigenvalue weighted by atomic mass is 10.1. The molecule has 1 aromatic rings. The van der Waals surface area contributed by atoms with E-state index in [0.717, 1.165) is 51.0 Å². The van der Waals surface area contributed by atoms with Crippen molar-refractivity contribution in [3.8, 4) is 5.75 Å². The van der Waals surface area contributed by atoms with Crippen LogP contribution in [0.15, 0.2) is 29.3 Å². The van der Waals surface area contributed by atoms with Crippen LogP contribution in [0.25, 0.3) is 0 Å². The zero-order valence-corrected chi connectivity index (χ0v) is 18.9. The summed E-state index contributed by atoms with van der Waals surface area (Å²) in [5, 5.41) is 3.38. The van der Waals surface area contributed by atoms with E-state index in [4.69, 9.17) is 14.5 Å². The Bertz CT molecular complexity index is 528. The highest BCUT2D eigenvalue weighted by molar-refractivity contribution is 14.0. The van der Waals surface area contributed by atoms with E-state index in [1.807, 2.05) is 12.1 Å². The average Bonchev–Trinajstić information content (AvgIpc) is 3.10. The second kappa shape index (κ2) is 12.4. The molecule has 0 saturated carbocycles. The number of halogens is 1. The molecular formula is C20H34IN3O2. The number of aliphatic imine (C=N–C) groups is 1. The van der Waals surface area contributed by atoms with Gasteiger partial charge < -0.3 is 19.7 Å². The van der Waals surface area contributed by atoms with Gasteiger partial charge in [-0.25, -0.2) is 4.99 Å². The van der Waals surface area contributed by atoms with E-state index < -0.39 is 0 Å². The Morgan fingerprint density at radius 1 is 1.35 bits per heavy atom. The Labute approximate surface area is 175 Å². The van der Waals surface area contributed by atoms with Crippen molar-refractivity contribution in [2.75, 3.05) is 40.0 Å². The van der Waals surface area contributed by atoms with Gasteiger partial charge in [-0.2, -0.15) is 0 Å². The van der Waals surface area contributed by atoms with Gasteiger partial charge in [-0.3, -0.25) is 0 Å². The van der Waals surface area contributed by atoms with E-state index in [9.17, 15) is 0 Å². The van der Waals surface area contributed by atoms with Crippen LogP contribution in [-0.2, 0) is 11.3 Å². The number of guanidine groups is 1. The first-order chi connectivity index (χ1) is 12.1. The molecule has 0 bridgehead atoms. The van der Waals surface area contributed by atoms with E-state index in [2.05, 4.69) is 50.2 Å². The molecule has 1 unspecified atom stereocenters. The molecule has 0 amide bonds. The first-order valence-electron chi connectivity index (χ1n) is 9.37. The Hall–Kier alpha value is -1.02. The molecule has 0 radical (unpaired) electrons. The molecule has 5 nitrogen and oxygen atoms in total. The minimum atomic E-state index is 0. The van der Waals surface area contributed by atoms with Crippen molar-refractivity contribution in [1.29, 1.82) is 0 Å². The van der Waals surface area contributed by atoms with Gasteiger partial charge in [-0.05, 0) is 37.0 Å². The van der Waals surface area contributed by atoms with Crippen molar-refractivity contribution >= 4 is 29.9 Å². The molecule has 1 atom stereocenters. The minimum Gasteiger partial charge on any atom is -0.493 e. The van der Waals surface area contributed by atoms with Crippen LogP contribution in [0.4, 0.5) is 0 Å². The summed E-state index contributed by atoms with van der Waals surface area (Å²) in [5.41, 5.74) is 1.19. The van der Waals surface area contributed by atoms with Crippen LogP contribution in [0.5, 0.6) is 5.75 Å². The molecule has 1 saturated heterocycles. The molecule has 1 aliphatic rings. The average molecular weight is 475 g/mol. The summed E-state index contributed by atoms with van der Waals surface area (Å²) < 4.78 is 11.2. The summed E-state index contributed by atoms with van der Waals surface area (Å²) in [6.45, 7) is 11.4. The van der Waals surface area contributed by atoms with Crippen LogP contribution in [0.2, 0.25) is 0 Å². The lowest BCUT2D eigenvalue weighted by Gasteiger charge is -2.24. The largest absolute Gasteiger partial charge is 0.493 e. The van der Waals surface area contributed by atoms with Crippen LogP contribution in [0.3, 0.4) is 0 Å². The highest BCUT2D eigenvalue weighted by atomic mass is 127. The Balaban J connectivity index is 0.00000338. The van der Waals surface area contributed by atoms with Crippen molar-refractivity contribution in [3.63, 3.8) is 0 Å². The van der Waals surface area contributed by atoms with Gasteiger partial charge in [0.25, 0.3) is 0 Å². The van der Waals surface area contributed by atoms with Crippen LogP contribution in [-0.4, -0.2) is 50.8 Å². The van der Waals surface area contributed by atoms with Crippen molar-refractivity contribution in [2.45, 2.75) is 33.7 Å². The van der Waals surface area contributed by atoms with Crippen LogP contribution >= 0.6 is 24.0 Å². The second-order valence-corrected chi connectivity index (χ2v) is 7.13. The molecule has 0 aromatic heterocycles. The standard InChI is InChI=1S/C20H33N3O2.HI/c1-5-21-20(23(4)13-18-10-11-24-15-18)22-12-17-6-8-19(9-7-17)25-14-16(2)3;/h6-9,16,18H,5,10-15H2,1-4H3,(H,21,22);1H. The summed E-state index contributed by atoms with van der Waals surface area (Å²) in [7, 11) is 2.10. The summed E-state index contributed by atoms with van der Waals surface area (Å²) in [4.78, 5) is 6.99. The van der Waals surface area contributed by atoms with Crippen molar-refractivity contribution in [1.82, 2.24) is 10.2 Å². The molecule has 6 heteroatoms. The van der Waals surface area contributed by atoms with Gasteiger partial charge in [-0.1, -0.05) is 26.0 Å². The maximum atomic E-state index is 5.73. The Morgan fingerprint density at radius 3 is 2.65 bits per heavy atom. The molecule has 1 heterocycles. The number of rotatable bonds is 8. The number of nitrogens with one attached hydrogen (secondary N) is 1. The lowest BCUT2D eigenvalue weighted by Crippen LogP contribution is -2.41. The quantitative estimate of drug-likeness (QED) is 0.353. The maximum Gasteiger partial charge on any atom is 0.193 e. The van der Waals surface area contributed by atoms with E-state index >= 15 is 0 Å². The van der Waals surface area contributed by atoms with E-state index in [0.29, 0.717) is 18.4 Å². The number of hydrogen-bond acceptors (Lipinski definition) is 3. The minimum absolute atomic E-state index is 0. The summed E-state index contributed by atoms with van der Waals surface area (Å²) >= 11 is 0. The number of nitrogens with zero attached hydrogens (tertiary/aromatic N) is 2. The van der Waals surface area contributed by atoms with E-state index in [1.165, 1.54) is 5.56 Å². The third-order valence-electron chi connectivity index (χ3n) is 4.17. The fourth-order valence-electron chi connectivity index (χ4n) is 2.79. The van der Waals surface area contributed by atoms with Crippen molar-refractivity contribution in [2.24, 2.45) is 16.8 Å². The zero-order chi connectivity index (χ0) is 18.1. The monoisotopic (exact) mass is 475 g/mol. The zero-order valence-electron chi connectivity index (χ0n) is 16.5. The third kappa shape index (κ3) is 8.12. The number of hydrogen-bond donors (Lipinski definition) is 1. The fraction of sp³-hybridized carbons (Fsp3) is 0.650. The predicted octanol–water partition coefficient (Wildman–Crippen LogP) is 3.77. The molecule has 2 rings (SSSR count). The number of benzene rings is 1. The summed E-state index contributed by atoms with van der Waals surface area (Å²) in [6.07, 6.45) is 1.14. The normalized spacial score (nSPS) is 17.1. The Morgan fingerprint density at radius 2 is 2.08 bits per heavy atom. The topological polar surface area (TPSA) is 46.1 Å². The molecule has 26 heavy (non-hydrogen) atoms. The van der Waals surface area contributed by atoms with Gasteiger partial charge in [0.15, 0.2) is 5.96 Å². The first-order valence-corrected chi connectivity index (χ1v) is 9.37. The second-order valence-electron chi connectivity index (χ2n) is 7.13. The predicted molar refractivity (Wildman–Crippen MR) is 119 cm³/mol. The Kier molecular flexibility index (Phi) is 11.0. The first kappa shape index (κ1) is 23.0. The van der Waals surface area contributed by atoms with Gasteiger partial charge >= 0.3 is 0 Å². The summed E-state index contributed by atoms with van der Waals surface area (Å²) in [6, 6.07) is 8.24. The van der Waals surface area contributed by atoms with Gasteiger partial charge in [0, 0.05) is 32.7 Å². The van der Waals surface area contributed by atoms with Gasteiger partial charge in [0.05, 0.1) is 19.8 Å². The van der Waals surface area contributed by atoms with Crippen molar-refractivity contribution in [3.05, 3.63) is 29.8 Å². The molecule has 0 spiro atoms. The lowest BCUT2D eigenvalue weighted by molar-refractivity contribution is 0.181. The molecule has 1 fully saturated rings. The molecular weight excluding hydrogens is 441 g/mol. The molecule has 148 valence electrons. The van der Waals surface area contributed by atoms with Crippen LogP contribution < -0.4 is 10.1 Å². The van der Waals surface area contributed by atoms with Gasteiger partial charge in [0.1, 0.15) is 5.75 Å². The highest BCUT2D eigenvalue weighted by Gasteiger charge is 2.19. The highest BCUT2D eigenvalue weighted by Crippen LogP contribution is 2.15. The number of ether oxygens (including phenoxy) is 2. The van der Waals surface area contributed by atoms with Crippen LogP contribution in [0.1, 0.15) is 32.8 Å².